The van der Waals surface area contributed by atoms with E-state index >= 15 is 0 Å². The van der Waals surface area contributed by atoms with Crippen LogP contribution in [0.1, 0.15) is 35.3 Å². The fraction of sp³-hybridized carbons (Fsp3) is 0.185. The number of sulfone groups is 1. The average Bonchev–Trinajstić information content (AvgIpc) is 2.81. The maximum Gasteiger partial charge on any atom is 0.339 e. The first-order valence-electron chi connectivity index (χ1n) is 10.7. The minimum Gasteiger partial charge on any atom is -0.488 e. The molecule has 0 spiro atoms. The predicted molar refractivity (Wildman–Crippen MR) is 133 cm³/mol. The van der Waals surface area contributed by atoms with Gasteiger partial charge in [0, 0.05) is 23.4 Å². The summed E-state index contributed by atoms with van der Waals surface area (Å²) in [4.78, 5) is 16.0. The van der Waals surface area contributed by atoms with E-state index in [9.17, 15) is 18.3 Å². The van der Waals surface area contributed by atoms with E-state index in [0.717, 1.165) is 27.6 Å². The van der Waals surface area contributed by atoms with E-state index in [0.29, 0.717) is 11.3 Å². The normalized spacial score (nSPS) is 12.0. The summed E-state index contributed by atoms with van der Waals surface area (Å²) >= 11 is 0. The second-order valence-electron chi connectivity index (χ2n) is 8.67. The van der Waals surface area contributed by atoms with E-state index in [2.05, 4.69) is 4.98 Å². The van der Waals surface area contributed by atoms with Crippen LogP contribution in [0.5, 0.6) is 5.75 Å². The molecule has 0 radical (unpaired) electrons. The summed E-state index contributed by atoms with van der Waals surface area (Å²) in [6, 6.07) is 21.7. The molecule has 0 unspecified atom stereocenters. The molecular formula is C27H25NO5S. The van der Waals surface area contributed by atoms with Gasteiger partial charge in [-0.2, -0.15) is 0 Å². The molecule has 0 saturated heterocycles. The molecule has 34 heavy (non-hydrogen) atoms. The smallest absolute Gasteiger partial charge is 0.339 e. The van der Waals surface area contributed by atoms with Crippen molar-refractivity contribution in [2.75, 3.05) is 6.26 Å². The molecule has 3 aromatic carbocycles. The molecule has 0 aliphatic heterocycles. The minimum absolute atomic E-state index is 0.101. The van der Waals surface area contributed by atoms with E-state index in [1.54, 1.807) is 38.2 Å². The summed E-state index contributed by atoms with van der Waals surface area (Å²) < 4.78 is 29.8. The number of carboxylic acid groups (broad SMARTS) is 1. The van der Waals surface area contributed by atoms with Crippen LogP contribution < -0.4 is 4.74 Å². The third-order valence-corrected chi connectivity index (χ3v) is 8.17. The topological polar surface area (TPSA) is 93.6 Å². The molecule has 0 amide bonds. The Morgan fingerprint density at radius 3 is 2.50 bits per heavy atom. The summed E-state index contributed by atoms with van der Waals surface area (Å²) in [5.74, 6) is -0.753. The minimum atomic E-state index is -3.37. The number of hydrogen-bond donors (Lipinski definition) is 1. The van der Waals surface area contributed by atoms with Crippen molar-refractivity contribution < 1.29 is 23.1 Å². The standard InChI is InChI=1S/C27H25NO5S/c1-27(2,34(3,31)32)21-15-20-10-7-13-28-25(20)23(16-21)19-9-6-8-18(14-19)17-33-24-12-5-4-11-22(24)26(29)30/h4-16H,17H2,1-3H3,(H,29,30). The number of hydrogen-bond acceptors (Lipinski definition) is 5. The number of pyridine rings is 1. The van der Waals surface area contributed by atoms with Gasteiger partial charge in [0.2, 0.25) is 0 Å². The molecular weight excluding hydrogens is 450 g/mol. The summed E-state index contributed by atoms with van der Waals surface area (Å²) in [5, 5.41) is 10.2. The third-order valence-electron chi connectivity index (χ3n) is 6.08. The quantitative estimate of drug-likeness (QED) is 0.382. The van der Waals surface area contributed by atoms with Crippen LogP contribution in [0.2, 0.25) is 0 Å². The van der Waals surface area contributed by atoms with E-state index in [4.69, 9.17) is 4.74 Å². The summed E-state index contributed by atoms with van der Waals surface area (Å²) in [5.41, 5.74) is 4.08. The molecule has 0 aliphatic carbocycles. The van der Waals surface area contributed by atoms with Gasteiger partial charge in [0.15, 0.2) is 9.84 Å². The predicted octanol–water partition coefficient (Wildman–Crippen LogP) is 5.46. The Labute approximate surface area is 198 Å². The zero-order chi connectivity index (χ0) is 24.5. The Morgan fingerprint density at radius 1 is 1.00 bits per heavy atom. The van der Waals surface area contributed by atoms with Crippen molar-refractivity contribution in [3.05, 3.63) is 95.7 Å². The number of rotatable bonds is 7. The molecule has 7 heteroatoms. The monoisotopic (exact) mass is 475 g/mol. The first-order chi connectivity index (χ1) is 16.1. The molecule has 6 nitrogen and oxygen atoms in total. The number of nitrogens with zero attached hydrogens (tertiary/aromatic N) is 1. The van der Waals surface area contributed by atoms with E-state index < -0.39 is 20.6 Å². The second kappa shape index (κ2) is 8.91. The Kier molecular flexibility index (Phi) is 6.15. The van der Waals surface area contributed by atoms with Crippen molar-refractivity contribution in [3.63, 3.8) is 0 Å². The highest BCUT2D eigenvalue weighted by Crippen LogP contribution is 2.36. The number of carboxylic acids is 1. The largest absolute Gasteiger partial charge is 0.488 e. The maximum absolute atomic E-state index is 12.5. The van der Waals surface area contributed by atoms with Crippen molar-refractivity contribution in [2.45, 2.75) is 25.2 Å². The lowest BCUT2D eigenvalue weighted by atomic mass is 9.93. The Morgan fingerprint density at radius 2 is 1.76 bits per heavy atom. The molecule has 4 aromatic rings. The van der Waals surface area contributed by atoms with Crippen LogP contribution in [0, 0.1) is 0 Å². The van der Waals surface area contributed by atoms with Gasteiger partial charge in [0.1, 0.15) is 17.9 Å². The fourth-order valence-electron chi connectivity index (χ4n) is 3.73. The van der Waals surface area contributed by atoms with Crippen molar-refractivity contribution >= 4 is 26.7 Å². The first kappa shape index (κ1) is 23.4. The maximum atomic E-state index is 12.5. The van der Waals surface area contributed by atoms with Crippen LogP contribution in [0.15, 0.2) is 79.0 Å². The van der Waals surface area contributed by atoms with Crippen LogP contribution in [0.25, 0.3) is 22.0 Å². The number of benzene rings is 3. The van der Waals surface area contributed by atoms with Crippen LogP contribution in [0.3, 0.4) is 0 Å². The van der Waals surface area contributed by atoms with Crippen molar-refractivity contribution in [1.82, 2.24) is 4.98 Å². The Bertz CT molecular complexity index is 1490. The average molecular weight is 476 g/mol. The van der Waals surface area contributed by atoms with Crippen LogP contribution in [-0.4, -0.2) is 30.7 Å². The number of fused-ring (bicyclic) bond motifs is 1. The number of para-hydroxylation sites is 1. The molecule has 1 aromatic heterocycles. The van der Waals surface area contributed by atoms with Crippen LogP contribution in [0.4, 0.5) is 0 Å². The van der Waals surface area contributed by atoms with E-state index in [-0.39, 0.29) is 12.2 Å². The fourth-order valence-corrected chi connectivity index (χ4v) is 4.28. The molecule has 4 rings (SSSR count). The summed E-state index contributed by atoms with van der Waals surface area (Å²) in [6.45, 7) is 3.58. The lowest BCUT2D eigenvalue weighted by molar-refractivity contribution is 0.0691. The van der Waals surface area contributed by atoms with Gasteiger partial charge < -0.3 is 9.84 Å². The molecule has 0 atom stereocenters. The Balaban J connectivity index is 1.76. The third kappa shape index (κ3) is 4.52. The number of carbonyl (C=O) groups is 1. The molecule has 1 heterocycles. The molecule has 1 N–H and O–H groups in total. The van der Waals surface area contributed by atoms with Crippen LogP contribution >= 0.6 is 0 Å². The summed E-state index contributed by atoms with van der Waals surface area (Å²) in [6.07, 6.45) is 2.95. The van der Waals surface area contributed by atoms with Gasteiger partial charge in [-0.15, -0.1) is 0 Å². The van der Waals surface area contributed by atoms with Crippen molar-refractivity contribution in [1.29, 1.82) is 0 Å². The van der Waals surface area contributed by atoms with Gasteiger partial charge >= 0.3 is 5.97 Å². The van der Waals surface area contributed by atoms with Gasteiger partial charge in [0.05, 0.1) is 10.3 Å². The van der Waals surface area contributed by atoms with Gasteiger partial charge in [-0.1, -0.05) is 36.4 Å². The van der Waals surface area contributed by atoms with Gasteiger partial charge in [-0.25, -0.2) is 13.2 Å². The van der Waals surface area contributed by atoms with Gasteiger partial charge in [0.25, 0.3) is 0 Å². The van der Waals surface area contributed by atoms with Gasteiger partial charge in [-0.05, 0) is 66.9 Å². The van der Waals surface area contributed by atoms with Crippen molar-refractivity contribution in [3.8, 4) is 16.9 Å². The number of ether oxygens (including phenoxy) is 1. The Hall–Kier alpha value is -3.71. The summed E-state index contributed by atoms with van der Waals surface area (Å²) in [7, 11) is -3.37. The second-order valence-corrected chi connectivity index (χ2v) is 11.2. The van der Waals surface area contributed by atoms with E-state index in [1.807, 2.05) is 48.5 Å². The van der Waals surface area contributed by atoms with Gasteiger partial charge in [-0.3, -0.25) is 4.98 Å². The molecule has 0 saturated carbocycles. The highest BCUT2D eigenvalue weighted by molar-refractivity contribution is 7.91. The molecule has 0 bridgehead atoms. The zero-order valence-electron chi connectivity index (χ0n) is 19.1. The van der Waals surface area contributed by atoms with E-state index in [1.165, 1.54) is 12.3 Å². The zero-order valence-corrected chi connectivity index (χ0v) is 20.0. The molecule has 0 aliphatic rings. The lowest BCUT2D eigenvalue weighted by Gasteiger charge is -2.24. The number of aromatic nitrogens is 1. The molecule has 174 valence electrons. The highest BCUT2D eigenvalue weighted by atomic mass is 32.2. The highest BCUT2D eigenvalue weighted by Gasteiger charge is 2.33. The molecule has 0 fully saturated rings. The SMILES string of the molecule is CC(C)(c1cc(-c2cccc(COc3ccccc3C(=O)O)c2)c2ncccc2c1)S(C)(=O)=O. The lowest BCUT2D eigenvalue weighted by Crippen LogP contribution is -2.28. The first-order valence-corrected chi connectivity index (χ1v) is 12.6. The van der Waals surface area contributed by atoms with Crippen LogP contribution in [-0.2, 0) is 21.2 Å². The van der Waals surface area contributed by atoms with Crippen molar-refractivity contribution in [2.24, 2.45) is 0 Å². The number of aromatic carboxylic acids is 1.